The highest BCUT2D eigenvalue weighted by molar-refractivity contribution is 5.93. The molecule has 0 saturated heterocycles. The minimum Gasteiger partial charge on any atom is -0.394 e. The largest absolute Gasteiger partial charge is 0.394 e. The Morgan fingerprint density at radius 2 is 2.00 bits per heavy atom. The first-order valence-electron chi connectivity index (χ1n) is 4.85. The quantitative estimate of drug-likeness (QED) is 0.690. The zero-order valence-corrected chi connectivity index (χ0v) is 9.27. The van der Waals surface area contributed by atoms with Gasteiger partial charge >= 0.3 is 0 Å². The van der Waals surface area contributed by atoms with Gasteiger partial charge in [0, 0.05) is 6.92 Å². The second-order valence-corrected chi connectivity index (χ2v) is 2.55. The van der Waals surface area contributed by atoms with Gasteiger partial charge in [0.15, 0.2) is 11.5 Å². The summed E-state index contributed by atoms with van der Waals surface area (Å²) in [6.45, 7) is 5.18. The second-order valence-electron chi connectivity index (χ2n) is 2.55. The van der Waals surface area contributed by atoms with E-state index in [-0.39, 0.29) is 31.2 Å². The molecule has 0 fully saturated rings. The molecule has 1 aromatic heterocycles. The predicted octanol–water partition coefficient (Wildman–Crippen LogP) is -0.00850. The van der Waals surface area contributed by atoms with Gasteiger partial charge in [-0.25, -0.2) is 4.68 Å². The highest BCUT2D eigenvalue weighted by atomic mass is 16.3. The molecule has 6 heteroatoms. The first-order chi connectivity index (χ1) is 7.20. The molecule has 0 radical (unpaired) electrons. The summed E-state index contributed by atoms with van der Waals surface area (Å²) < 4.78 is 1.32. The average Bonchev–Trinajstić information content (AvgIpc) is 2.64. The second kappa shape index (κ2) is 7.08. The number of aliphatic hydroxyl groups excluding tert-OH is 2. The van der Waals surface area contributed by atoms with Crippen molar-refractivity contribution in [1.29, 1.82) is 0 Å². The number of carbonyl (C=O) groups excluding carboxylic acids is 1. The number of hydrogen-bond acceptors (Lipinski definition) is 5. The minimum absolute atomic E-state index is 0.103. The van der Waals surface area contributed by atoms with Crippen LogP contribution in [0, 0.1) is 0 Å². The van der Waals surface area contributed by atoms with Crippen LogP contribution in [-0.4, -0.2) is 37.6 Å². The Balaban J connectivity index is 0.000000921. The molecule has 1 aromatic rings. The fourth-order valence-corrected chi connectivity index (χ4v) is 1.04. The Morgan fingerprint density at radius 3 is 2.40 bits per heavy atom. The van der Waals surface area contributed by atoms with Gasteiger partial charge in [0.1, 0.15) is 0 Å². The Morgan fingerprint density at radius 1 is 1.40 bits per heavy atom. The molecule has 0 unspecified atom stereocenters. The molecule has 0 aliphatic carbocycles. The van der Waals surface area contributed by atoms with Gasteiger partial charge in [-0.15, -0.1) is 5.10 Å². The summed E-state index contributed by atoms with van der Waals surface area (Å²) in [5.74, 6) is -0.242. The van der Waals surface area contributed by atoms with Crippen LogP contribution in [-0.2, 0) is 13.2 Å². The van der Waals surface area contributed by atoms with Crippen molar-refractivity contribution < 1.29 is 15.0 Å². The van der Waals surface area contributed by atoms with Gasteiger partial charge < -0.3 is 10.2 Å². The zero-order chi connectivity index (χ0) is 11.8. The van der Waals surface area contributed by atoms with E-state index < -0.39 is 0 Å². The van der Waals surface area contributed by atoms with Gasteiger partial charge in [-0.05, 0) is 0 Å². The summed E-state index contributed by atoms with van der Waals surface area (Å²) in [5.41, 5.74) is 0.512. The van der Waals surface area contributed by atoms with Crippen LogP contribution < -0.4 is 0 Å². The summed E-state index contributed by atoms with van der Waals surface area (Å²) in [6, 6.07) is 0. The summed E-state index contributed by atoms with van der Waals surface area (Å²) >= 11 is 0. The van der Waals surface area contributed by atoms with Crippen molar-refractivity contribution in [3.05, 3.63) is 11.4 Å². The van der Waals surface area contributed by atoms with E-state index in [1.807, 2.05) is 13.8 Å². The van der Waals surface area contributed by atoms with Crippen LogP contribution in [0.25, 0.3) is 0 Å². The molecule has 0 bridgehead atoms. The Labute approximate surface area is 88.5 Å². The van der Waals surface area contributed by atoms with Gasteiger partial charge in [-0.3, -0.25) is 4.79 Å². The fourth-order valence-electron chi connectivity index (χ4n) is 1.04. The molecule has 15 heavy (non-hydrogen) atoms. The molecule has 86 valence electrons. The molecule has 0 atom stereocenters. The van der Waals surface area contributed by atoms with Crippen molar-refractivity contribution in [1.82, 2.24) is 15.0 Å². The lowest BCUT2D eigenvalue weighted by molar-refractivity contribution is 0.100. The fraction of sp³-hybridized carbons (Fsp3) is 0.667. The van der Waals surface area contributed by atoms with Gasteiger partial charge in [-0.2, -0.15) is 0 Å². The monoisotopic (exact) mass is 215 g/mol. The van der Waals surface area contributed by atoms with Crippen LogP contribution >= 0.6 is 0 Å². The summed E-state index contributed by atoms with van der Waals surface area (Å²) in [7, 11) is 0. The summed E-state index contributed by atoms with van der Waals surface area (Å²) in [4.78, 5) is 11.0. The number of ketones is 1. The molecule has 0 aromatic carbocycles. The van der Waals surface area contributed by atoms with Crippen LogP contribution in [0.4, 0.5) is 0 Å². The van der Waals surface area contributed by atoms with Crippen molar-refractivity contribution in [3.8, 4) is 0 Å². The molecule has 0 aliphatic rings. The van der Waals surface area contributed by atoms with E-state index in [2.05, 4.69) is 10.3 Å². The van der Waals surface area contributed by atoms with Crippen LogP contribution in [0.1, 0.15) is 37.0 Å². The van der Waals surface area contributed by atoms with Crippen molar-refractivity contribution >= 4 is 5.78 Å². The molecule has 1 heterocycles. The van der Waals surface area contributed by atoms with E-state index >= 15 is 0 Å². The molecular weight excluding hydrogens is 198 g/mol. The lowest BCUT2D eigenvalue weighted by Crippen LogP contribution is -2.09. The Kier molecular flexibility index (Phi) is 6.48. The molecule has 6 nitrogen and oxygen atoms in total. The third-order valence-corrected chi connectivity index (χ3v) is 1.63. The first-order valence-corrected chi connectivity index (χ1v) is 4.85. The van der Waals surface area contributed by atoms with Gasteiger partial charge in [0.05, 0.1) is 25.5 Å². The molecule has 2 N–H and O–H groups in total. The number of aliphatic hydroxyl groups is 2. The number of hydrogen-bond donors (Lipinski definition) is 2. The van der Waals surface area contributed by atoms with Crippen LogP contribution in [0.5, 0.6) is 0 Å². The molecular formula is C9H17N3O3. The molecule has 1 rings (SSSR count). The summed E-state index contributed by atoms with van der Waals surface area (Å²) in [6.07, 6.45) is 0. The highest BCUT2D eigenvalue weighted by Gasteiger charge is 2.14. The lowest BCUT2D eigenvalue weighted by atomic mass is 10.2. The van der Waals surface area contributed by atoms with Crippen LogP contribution in [0.2, 0.25) is 0 Å². The first kappa shape index (κ1) is 13.7. The maximum absolute atomic E-state index is 11.0. The van der Waals surface area contributed by atoms with Crippen molar-refractivity contribution in [2.24, 2.45) is 0 Å². The van der Waals surface area contributed by atoms with Crippen LogP contribution in [0.15, 0.2) is 0 Å². The maximum atomic E-state index is 11.0. The van der Waals surface area contributed by atoms with Crippen molar-refractivity contribution in [2.75, 3.05) is 6.61 Å². The van der Waals surface area contributed by atoms with E-state index in [1.165, 1.54) is 11.6 Å². The standard InChI is InChI=1S/C7H11N3O3.C2H6/c1-5(13)7-6(4-12)10(2-3-11)9-8-7;1-2/h11-12H,2-4H2,1H3;1-2H3. The van der Waals surface area contributed by atoms with Crippen LogP contribution in [0.3, 0.4) is 0 Å². The zero-order valence-electron chi connectivity index (χ0n) is 9.27. The molecule has 0 aliphatic heterocycles. The van der Waals surface area contributed by atoms with E-state index in [9.17, 15) is 4.79 Å². The van der Waals surface area contributed by atoms with Crippen molar-refractivity contribution in [3.63, 3.8) is 0 Å². The van der Waals surface area contributed by atoms with Gasteiger partial charge in [0.2, 0.25) is 0 Å². The van der Waals surface area contributed by atoms with Crippen molar-refractivity contribution in [2.45, 2.75) is 33.9 Å². The minimum atomic E-state index is -0.304. The molecule has 0 spiro atoms. The number of Topliss-reactive ketones (excluding diaryl/α,β-unsaturated/α-hetero) is 1. The summed E-state index contributed by atoms with van der Waals surface area (Å²) in [5, 5.41) is 24.8. The highest BCUT2D eigenvalue weighted by Crippen LogP contribution is 2.05. The van der Waals surface area contributed by atoms with E-state index in [4.69, 9.17) is 10.2 Å². The van der Waals surface area contributed by atoms with E-state index in [0.717, 1.165) is 0 Å². The smallest absolute Gasteiger partial charge is 0.182 e. The number of rotatable bonds is 4. The van der Waals surface area contributed by atoms with E-state index in [0.29, 0.717) is 5.69 Å². The number of carbonyl (C=O) groups is 1. The van der Waals surface area contributed by atoms with Gasteiger partial charge in [0.25, 0.3) is 0 Å². The molecule has 0 saturated carbocycles. The Hall–Kier alpha value is -1.27. The Bertz CT molecular complexity index is 310. The number of aromatic nitrogens is 3. The maximum Gasteiger partial charge on any atom is 0.182 e. The average molecular weight is 215 g/mol. The SMILES string of the molecule is CC.CC(=O)c1nnn(CCO)c1CO. The number of nitrogens with zero attached hydrogens (tertiary/aromatic N) is 3. The predicted molar refractivity (Wildman–Crippen MR) is 54.4 cm³/mol. The normalized spacial score (nSPS) is 9.40. The third-order valence-electron chi connectivity index (χ3n) is 1.63. The van der Waals surface area contributed by atoms with Gasteiger partial charge in [-0.1, -0.05) is 19.1 Å². The topological polar surface area (TPSA) is 88.2 Å². The molecule has 0 amide bonds. The van der Waals surface area contributed by atoms with E-state index in [1.54, 1.807) is 0 Å². The third kappa shape index (κ3) is 3.41. The lowest BCUT2D eigenvalue weighted by Gasteiger charge is -2.01.